The summed E-state index contributed by atoms with van der Waals surface area (Å²) in [5.41, 5.74) is 1.76. The number of hydrogen-bond acceptors (Lipinski definition) is 4. The number of aromatic nitrogens is 3. The molecule has 4 rings (SSSR count). The van der Waals surface area contributed by atoms with E-state index >= 15 is 0 Å². The van der Waals surface area contributed by atoms with Crippen molar-refractivity contribution in [1.29, 1.82) is 0 Å². The Balaban J connectivity index is 1.65. The Bertz CT molecular complexity index is 1010. The van der Waals surface area contributed by atoms with Crippen LogP contribution in [-0.4, -0.2) is 40.3 Å². The van der Waals surface area contributed by atoms with E-state index in [4.69, 9.17) is 4.98 Å². The van der Waals surface area contributed by atoms with Crippen LogP contribution in [0.5, 0.6) is 0 Å². The highest BCUT2D eigenvalue weighted by atomic mass is 32.2. The number of hydrogen-bond donors (Lipinski definition) is 0. The van der Waals surface area contributed by atoms with E-state index in [-0.39, 0.29) is 5.92 Å². The number of sulfonamides is 1. The first-order valence-electron chi connectivity index (χ1n) is 8.97. The smallest absolute Gasteiger partial charge is 0.243 e. The highest BCUT2D eigenvalue weighted by Gasteiger charge is 2.35. The maximum Gasteiger partial charge on any atom is 0.243 e. The second kappa shape index (κ2) is 6.81. The minimum atomic E-state index is -3.45. The lowest BCUT2D eigenvalue weighted by Crippen LogP contribution is -2.29. The molecule has 0 aliphatic carbocycles. The molecule has 0 bridgehead atoms. The first-order chi connectivity index (χ1) is 12.6. The van der Waals surface area contributed by atoms with Crippen molar-refractivity contribution in [1.82, 2.24) is 18.8 Å². The number of fused-ring (bicyclic) bond motifs is 1. The Morgan fingerprint density at radius 1 is 1.15 bits per heavy atom. The molecule has 1 aliphatic heterocycles. The number of aryl methyl sites for hydroxylation is 1. The van der Waals surface area contributed by atoms with Crippen molar-refractivity contribution in [2.75, 3.05) is 13.1 Å². The molecule has 0 unspecified atom stereocenters. The molecule has 6 nitrogen and oxygen atoms in total. The molecule has 1 fully saturated rings. The lowest BCUT2D eigenvalue weighted by Gasteiger charge is -2.17. The van der Waals surface area contributed by atoms with Gasteiger partial charge in [-0.3, -0.25) is 0 Å². The number of pyridine rings is 1. The van der Waals surface area contributed by atoms with Crippen molar-refractivity contribution in [2.45, 2.75) is 37.1 Å². The molecule has 136 valence electrons. The van der Waals surface area contributed by atoms with Crippen LogP contribution in [0.25, 0.3) is 11.2 Å². The van der Waals surface area contributed by atoms with Crippen molar-refractivity contribution in [3.05, 3.63) is 54.5 Å². The number of rotatable bonds is 5. The number of benzene rings is 1. The summed E-state index contributed by atoms with van der Waals surface area (Å²) in [7, 11) is -3.45. The summed E-state index contributed by atoms with van der Waals surface area (Å²) >= 11 is 0. The zero-order valence-corrected chi connectivity index (χ0v) is 15.6. The van der Waals surface area contributed by atoms with Gasteiger partial charge in [0.1, 0.15) is 11.3 Å². The van der Waals surface area contributed by atoms with Crippen molar-refractivity contribution >= 4 is 21.2 Å². The summed E-state index contributed by atoms with van der Waals surface area (Å²) < 4.78 is 29.5. The van der Waals surface area contributed by atoms with Gasteiger partial charge >= 0.3 is 0 Å². The highest BCUT2D eigenvalue weighted by molar-refractivity contribution is 7.89. The molecule has 1 saturated heterocycles. The van der Waals surface area contributed by atoms with E-state index in [1.54, 1.807) is 34.8 Å². The molecular formula is C19H22N4O2S. The molecule has 0 radical (unpaired) electrons. The predicted molar refractivity (Wildman–Crippen MR) is 100 cm³/mol. The van der Waals surface area contributed by atoms with Gasteiger partial charge in [-0.1, -0.05) is 25.1 Å². The fourth-order valence-corrected chi connectivity index (χ4v) is 5.15. The van der Waals surface area contributed by atoms with Gasteiger partial charge in [-0.2, -0.15) is 4.31 Å². The predicted octanol–water partition coefficient (Wildman–Crippen LogP) is 3.02. The fourth-order valence-electron chi connectivity index (χ4n) is 3.63. The van der Waals surface area contributed by atoms with Gasteiger partial charge in [0.2, 0.25) is 10.0 Å². The first kappa shape index (κ1) is 17.2. The van der Waals surface area contributed by atoms with Crippen LogP contribution in [0.15, 0.2) is 53.6 Å². The first-order valence-corrected chi connectivity index (χ1v) is 10.4. The van der Waals surface area contributed by atoms with Gasteiger partial charge in [0.15, 0.2) is 5.65 Å². The Morgan fingerprint density at radius 2 is 1.96 bits per heavy atom. The van der Waals surface area contributed by atoms with Crippen LogP contribution in [0.1, 0.15) is 31.5 Å². The molecule has 1 atom stereocenters. The molecule has 1 aromatic carbocycles. The molecule has 0 N–H and O–H groups in total. The quantitative estimate of drug-likeness (QED) is 0.692. The second-order valence-corrected chi connectivity index (χ2v) is 8.57. The minimum absolute atomic E-state index is 0.0919. The summed E-state index contributed by atoms with van der Waals surface area (Å²) in [6.45, 7) is 3.94. The maximum atomic E-state index is 12.9. The zero-order chi connectivity index (χ0) is 18.1. The Hall–Kier alpha value is -2.25. The van der Waals surface area contributed by atoms with E-state index in [0.717, 1.165) is 36.4 Å². The van der Waals surface area contributed by atoms with Crippen LogP contribution in [0.3, 0.4) is 0 Å². The van der Waals surface area contributed by atoms with Gasteiger partial charge < -0.3 is 4.57 Å². The molecule has 2 aromatic heterocycles. The van der Waals surface area contributed by atoms with Crippen molar-refractivity contribution < 1.29 is 8.42 Å². The van der Waals surface area contributed by atoms with Crippen molar-refractivity contribution in [3.63, 3.8) is 0 Å². The molecule has 0 saturated carbocycles. The van der Waals surface area contributed by atoms with Gasteiger partial charge in [-0.05, 0) is 37.1 Å². The molecule has 3 heterocycles. The molecule has 7 heteroatoms. The molecule has 0 spiro atoms. The average molecular weight is 370 g/mol. The summed E-state index contributed by atoms with van der Waals surface area (Å²) in [5.74, 6) is 1.04. The molecule has 1 aliphatic rings. The van der Waals surface area contributed by atoms with Crippen molar-refractivity contribution in [3.8, 4) is 0 Å². The average Bonchev–Trinajstić information content (AvgIpc) is 3.29. The summed E-state index contributed by atoms with van der Waals surface area (Å²) in [4.78, 5) is 9.61. The summed E-state index contributed by atoms with van der Waals surface area (Å²) in [5, 5.41) is 0. The van der Waals surface area contributed by atoms with Crippen LogP contribution in [0, 0.1) is 0 Å². The van der Waals surface area contributed by atoms with Gasteiger partial charge in [-0.15, -0.1) is 0 Å². The zero-order valence-electron chi connectivity index (χ0n) is 14.7. The largest absolute Gasteiger partial charge is 0.312 e. The summed E-state index contributed by atoms with van der Waals surface area (Å²) in [6, 6.07) is 12.5. The minimum Gasteiger partial charge on any atom is -0.312 e. The van der Waals surface area contributed by atoms with E-state index < -0.39 is 10.0 Å². The van der Waals surface area contributed by atoms with E-state index in [0.29, 0.717) is 18.0 Å². The Kier molecular flexibility index (Phi) is 4.50. The standard InChI is InChI=1S/C19H22N4O2S/c1-2-12-23-18(21-17-9-6-11-20-19(17)23)15-10-13-22(14-15)26(24,25)16-7-4-3-5-8-16/h3-9,11,15H,2,10,12-14H2,1H3/t15-/m0/s1. The Labute approximate surface area is 153 Å². The second-order valence-electron chi connectivity index (χ2n) is 6.63. The monoisotopic (exact) mass is 370 g/mol. The van der Waals surface area contributed by atoms with Gasteiger partial charge in [0.05, 0.1) is 4.90 Å². The Morgan fingerprint density at radius 3 is 2.73 bits per heavy atom. The normalized spacial score (nSPS) is 18.6. The van der Waals surface area contributed by atoms with E-state index in [2.05, 4.69) is 16.5 Å². The lowest BCUT2D eigenvalue weighted by molar-refractivity contribution is 0.468. The van der Waals surface area contributed by atoms with Crippen molar-refractivity contribution in [2.24, 2.45) is 0 Å². The van der Waals surface area contributed by atoms with E-state index in [1.807, 2.05) is 18.2 Å². The van der Waals surface area contributed by atoms with Gasteiger partial charge in [0, 0.05) is 31.7 Å². The lowest BCUT2D eigenvalue weighted by atomic mass is 10.1. The van der Waals surface area contributed by atoms with Gasteiger partial charge in [0.25, 0.3) is 0 Å². The third-order valence-corrected chi connectivity index (χ3v) is 6.76. The third kappa shape index (κ3) is 2.91. The van der Waals surface area contributed by atoms with Crippen LogP contribution in [0.2, 0.25) is 0 Å². The van der Waals surface area contributed by atoms with Crippen LogP contribution < -0.4 is 0 Å². The fraction of sp³-hybridized carbons (Fsp3) is 0.368. The molecule has 26 heavy (non-hydrogen) atoms. The topological polar surface area (TPSA) is 68.1 Å². The summed E-state index contributed by atoms with van der Waals surface area (Å²) in [6.07, 6.45) is 3.54. The van der Waals surface area contributed by atoms with Gasteiger partial charge in [-0.25, -0.2) is 18.4 Å². The molecular weight excluding hydrogens is 348 g/mol. The SMILES string of the molecule is CCCn1c([C@H]2CCN(S(=O)(=O)c3ccccc3)C2)nc2cccnc21. The van der Waals surface area contributed by atoms with Crippen LogP contribution >= 0.6 is 0 Å². The van der Waals surface area contributed by atoms with E-state index in [9.17, 15) is 8.42 Å². The third-order valence-electron chi connectivity index (χ3n) is 4.88. The number of imidazole rings is 1. The highest BCUT2D eigenvalue weighted by Crippen LogP contribution is 2.32. The van der Waals surface area contributed by atoms with Crippen LogP contribution in [-0.2, 0) is 16.6 Å². The molecule has 0 amide bonds. The van der Waals surface area contributed by atoms with Crippen LogP contribution in [0.4, 0.5) is 0 Å². The molecule has 3 aromatic rings. The maximum absolute atomic E-state index is 12.9. The van der Waals surface area contributed by atoms with E-state index in [1.165, 1.54) is 0 Å². The number of nitrogens with zero attached hydrogens (tertiary/aromatic N) is 4.